The van der Waals surface area contributed by atoms with Crippen LogP contribution in [0.25, 0.3) is 0 Å². The average Bonchev–Trinajstić information content (AvgIpc) is 2.91. The molecule has 1 unspecified atom stereocenters. The van der Waals surface area contributed by atoms with E-state index in [2.05, 4.69) is 10.3 Å². The maximum Gasteiger partial charge on any atom is 0.293 e. The Balaban J connectivity index is 2.38. The van der Waals surface area contributed by atoms with Gasteiger partial charge in [0.1, 0.15) is 10.7 Å². The number of aromatic nitrogens is 1. The van der Waals surface area contributed by atoms with Gasteiger partial charge in [-0.05, 0) is 19.1 Å². The molecule has 1 N–H and O–H groups in total. The summed E-state index contributed by atoms with van der Waals surface area (Å²) in [6, 6.07) is 3.59. The molecule has 0 saturated heterocycles. The van der Waals surface area contributed by atoms with Crippen LogP contribution in [-0.4, -0.2) is 24.6 Å². The monoisotopic (exact) mass is 327 g/mol. The molecule has 1 aromatic carbocycles. The number of nitro groups is 1. The van der Waals surface area contributed by atoms with Crippen LogP contribution in [0.3, 0.4) is 0 Å². The van der Waals surface area contributed by atoms with Gasteiger partial charge in [0.2, 0.25) is 0 Å². The topological polar surface area (TPSA) is 102 Å². The number of rotatable bonds is 5. The lowest BCUT2D eigenvalue weighted by atomic mass is 10.2. The van der Waals surface area contributed by atoms with Crippen LogP contribution in [-0.2, 0) is 9.84 Å². The summed E-state index contributed by atoms with van der Waals surface area (Å²) in [6.45, 7) is 1.83. The van der Waals surface area contributed by atoms with Gasteiger partial charge in [0.15, 0.2) is 9.84 Å². The Bertz CT molecular complexity index is 757. The van der Waals surface area contributed by atoms with Crippen LogP contribution in [0.1, 0.15) is 18.0 Å². The Kier molecular flexibility index (Phi) is 4.24. The van der Waals surface area contributed by atoms with Crippen LogP contribution in [0.4, 0.5) is 11.4 Å². The minimum Gasteiger partial charge on any atom is -0.371 e. The molecule has 0 saturated carbocycles. The highest BCUT2D eigenvalue weighted by atomic mass is 32.2. The zero-order valence-electron chi connectivity index (χ0n) is 11.3. The van der Waals surface area contributed by atoms with Crippen LogP contribution in [0.15, 0.2) is 34.7 Å². The third kappa shape index (κ3) is 3.56. The van der Waals surface area contributed by atoms with E-state index in [1.165, 1.54) is 23.5 Å². The summed E-state index contributed by atoms with van der Waals surface area (Å²) >= 11 is 1.43. The Hall–Kier alpha value is -2.00. The molecule has 112 valence electrons. The van der Waals surface area contributed by atoms with E-state index in [1.54, 1.807) is 6.20 Å². The third-order valence-corrected chi connectivity index (χ3v) is 4.86. The summed E-state index contributed by atoms with van der Waals surface area (Å²) in [5, 5.41) is 16.7. The molecule has 0 spiro atoms. The lowest BCUT2D eigenvalue weighted by Gasteiger charge is -2.13. The van der Waals surface area contributed by atoms with Crippen molar-refractivity contribution in [2.75, 3.05) is 11.6 Å². The van der Waals surface area contributed by atoms with Crippen molar-refractivity contribution >= 4 is 32.5 Å². The molecule has 2 aromatic rings. The SMILES string of the molecule is CC(Nc1ccc(S(C)(=O)=O)cc1[N+](=O)[O-])c1nccs1. The second-order valence-corrected chi connectivity index (χ2v) is 7.39. The Morgan fingerprint density at radius 2 is 2.14 bits per heavy atom. The van der Waals surface area contributed by atoms with Crippen molar-refractivity contribution in [1.29, 1.82) is 0 Å². The predicted molar refractivity (Wildman–Crippen MR) is 80.4 cm³/mol. The molecule has 0 aliphatic rings. The van der Waals surface area contributed by atoms with Crippen LogP contribution < -0.4 is 5.32 Å². The molecule has 0 aliphatic heterocycles. The molecule has 1 heterocycles. The normalized spacial score (nSPS) is 12.9. The van der Waals surface area contributed by atoms with Crippen molar-refractivity contribution in [3.63, 3.8) is 0 Å². The average molecular weight is 327 g/mol. The minimum absolute atomic E-state index is 0.0818. The zero-order valence-corrected chi connectivity index (χ0v) is 12.9. The second kappa shape index (κ2) is 5.78. The smallest absolute Gasteiger partial charge is 0.293 e. The third-order valence-electron chi connectivity index (χ3n) is 2.79. The van der Waals surface area contributed by atoms with Gasteiger partial charge in [-0.25, -0.2) is 13.4 Å². The predicted octanol–water partition coefficient (Wildman–Crippen LogP) is 2.63. The lowest BCUT2D eigenvalue weighted by Crippen LogP contribution is -2.09. The number of nitro benzene ring substituents is 1. The largest absolute Gasteiger partial charge is 0.371 e. The first-order valence-electron chi connectivity index (χ1n) is 5.93. The molecule has 0 amide bonds. The molecule has 2 rings (SSSR count). The highest BCUT2D eigenvalue weighted by Crippen LogP contribution is 2.31. The lowest BCUT2D eigenvalue weighted by molar-refractivity contribution is -0.384. The Morgan fingerprint density at radius 1 is 1.43 bits per heavy atom. The number of hydrogen-bond acceptors (Lipinski definition) is 7. The van der Waals surface area contributed by atoms with Crippen molar-refractivity contribution in [2.45, 2.75) is 17.9 Å². The molecular weight excluding hydrogens is 314 g/mol. The van der Waals surface area contributed by atoms with Gasteiger partial charge >= 0.3 is 0 Å². The van der Waals surface area contributed by atoms with Crippen molar-refractivity contribution in [3.05, 3.63) is 44.9 Å². The number of benzene rings is 1. The summed E-state index contributed by atoms with van der Waals surface area (Å²) in [7, 11) is -3.49. The summed E-state index contributed by atoms with van der Waals surface area (Å²) in [5.41, 5.74) is -0.0172. The fraction of sp³-hybridized carbons (Fsp3) is 0.250. The fourth-order valence-electron chi connectivity index (χ4n) is 1.76. The van der Waals surface area contributed by atoms with Gasteiger partial charge < -0.3 is 5.32 Å². The molecule has 21 heavy (non-hydrogen) atoms. The molecule has 9 heteroatoms. The first-order valence-corrected chi connectivity index (χ1v) is 8.70. The van der Waals surface area contributed by atoms with Crippen LogP contribution in [0.2, 0.25) is 0 Å². The number of thiazole rings is 1. The number of sulfone groups is 1. The van der Waals surface area contributed by atoms with Gasteiger partial charge in [-0.2, -0.15) is 0 Å². The zero-order chi connectivity index (χ0) is 15.6. The van der Waals surface area contributed by atoms with Gasteiger partial charge in [-0.1, -0.05) is 0 Å². The summed E-state index contributed by atoms with van der Waals surface area (Å²) in [4.78, 5) is 14.6. The van der Waals surface area contributed by atoms with E-state index in [0.29, 0.717) is 0 Å². The highest BCUT2D eigenvalue weighted by molar-refractivity contribution is 7.90. The van der Waals surface area contributed by atoms with E-state index in [1.807, 2.05) is 12.3 Å². The summed E-state index contributed by atoms with van der Waals surface area (Å²) in [5.74, 6) is 0. The summed E-state index contributed by atoms with van der Waals surface area (Å²) < 4.78 is 23.0. The van der Waals surface area contributed by atoms with E-state index in [9.17, 15) is 18.5 Å². The fourth-order valence-corrected chi connectivity index (χ4v) is 3.05. The van der Waals surface area contributed by atoms with Gasteiger partial charge in [0, 0.05) is 23.9 Å². The van der Waals surface area contributed by atoms with Crippen molar-refractivity contribution in [1.82, 2.24) is 4.98 Å². The summed E-state index contributed by atoms with van der Waals surface area (Å²) in [6.07, 6.45) is 2.66. The van der Waals surface area contributed by atoms with Crippen LogP contribution in [0.5, 0.6) is 0 Å². The number of hydrogen-bond donors (Lipinski definition) is 1. The molecule has 7 nitrogen and oxygen atoms in total. The van der Waals surface area contributed by atoms with Crippen molar-refractivity contribution in [3.8, 4) is 0 Å². The first-order chi connectivity index (χ1) is 9.79. The maximum atomic E-state index is 11.5. The molecule has 0 radical (unpaired) electrons. The van der Waals surface area contributed by atoms with E-state index >= 15 is 0 Å². The first kappa shape index (κ1) is 15.4. The molecular formula is C12H13N3O4S2. The number of nitrogens with one attached hydrogen (secondary N) is 1. The molecule has 0 bridgehead atoms. The molecule has 0 aliphatic carbocycles. The Morgan fingerprint density at radius 3 is 2.67 bits per heavy atom. The van der Waals surface area contributed by atoms with Crippen LogP contribution in [0, 0.1) is 10.1 Å². The van der Waals surface area contributed by atoms with E-state index in [-0.39, 0.29) is 22.3 Å². The van der Waals surface area contributed by atoms with Gasteiger partial charge in [-0.15, -0.1) is 11.3 Å². The van der Waals surface area contributed by atoms with E-state index < -0.39 is 14.8 Å². The molecule has 1 aromatic heterocycles. The van der Waals surface area contributed by atoms with Gasteiger partial charge in [-0.3, -0.25) is 10.1 Å². The molecule has 1 atom stereocenters. The second-order valence-electron chi connectivity index (χ2n) is 4.44. The van der Waals surface area contributed by atoms with Gasteiger partial charge in [0.05, 0.1) is 15.9 Å². The minimum atomic E-state index is -3.49. The van der Waals surface area contributed by atoms with Crippen LogP contribution >= 0.6 is 11.3 Å². The Labute approximate surface area is 125 Å². The quantitative estimate of drug-likeness (QED) is 0.669. The highest BCUT2D eigenvalue weighted by Gasteiger charge is 2.20. The number of anilines is 1. The standard InChI is InChI=1S/C12H13N3O4S2/c1-8(12-13-5-6-20-12)14-10-4-3-9(21(2,18)19)7-11(10)15(16)17/h3-8,14H,1-2H3. The maximum absolute atomic E-state index is 11.5. The van der Waals surface area contributed by atoms with Crippen molar-refractivity contribution < 1.29 is 13.3 Å². The number of nitrogens with zero attached hydrogens (tertiary/aromatic N) is 2. The molecule has 0 fully saturated rings. The van der Waals surface area contributed by atoms with E-state index in [0.717, 1.165) is 17.3 Å². The van der Waals surface area contributed by atoms with Crippen molar-refractivity contribution in [2.24, 2.45) is 0 Å². The van der Waals surface area contributed by atoms with E-state index in [4.69, 9.17) is 0 Å². The van der Waals surface area contributed by atoms with Gasteiger partial charge in [0.25, 0.3) is 5.69 Å².